The first-order valence-corrected chi connectivity index (χ1v) is 7.30. The predicted octanol–water partition coefficient (Wildman–Crippen LogP) is 1.14. The van der Waals surface area contributed by atoms with Crippen LogP contribution in [-0.2, 0) is 16.1 Å². The summed E-state index contributed by atoms with van der Waals surface area (Å²) in [5, 5.41) is 5.43. The number of esters is 1. The molecule has 0 aromatic heterocycles. The zero-order valence-corrected chi connectivity index (χ0v) is 13.9. The lowest BCUT2D eigenvalue weighted by Gasteiger charge is -2.11. The first-order valence-electron chi connectivity index (χ1n) is 7.30. The highest BCUT2D eigenvalue weighted by Crippen LogP contribution is 2.06. The highest BCUT2D eigenvalue weighted by molar-refractivity contribution is 5.91. The molecular formula is C16H23N3O4. The molecule has 126 valence electrons. The van der Waals surface area contributed by atoms with Crippen molar-refractivity contribution in [3.05, 3.63) is 35.4 Å². The molecule has 0 bridgehead atoms. The molecule has 1 aromatic rings. The molecule has 1 aromatic carbocycles. The molecule has 0 aliphatic rings. The van der Waals surface area contributed by atoms with E-state index in [1.165, 1.54) is 4.90 Å². The van der Waals surface area contributed by atoms with Gasteiger partial charge >= 0.3 is 12.0 Å². The van der Waals surface area contributed by atoms with Crippen LogP contribution in [0.4, 0.5) is 4.79 Å². The molecule has 3 amide bonds. The summed E-state index contributed by atoms with van der Waals surface area (Å²) < 4.78 is 4.92. The Hall–Kier alpha value is -2.57. The van der Waals surface area contributed by atoms with Crippen molar-refractivity contribution < 1.29 is 19.1 Å². The standard InChI is InChI=1S/C16H23N3O4/c1-11(2)18-16(22)17-9-12-5-7-13(8-6-12)15(21)23-10-14(20)19(3)4/h5-8,11H,9-10H2,1-4H3,(H2,17,18,22). The average molecular weight is 321 g/mol. The second kappa shape index (κ2) is 8.77. The summed E-state index contributed by atoms with van der Waals surface area (Å²) in [5.41, 5.74) is 1.21. The number of ether oxygens (including phenoxy) is 1. The summed E-state index contributed by atoms with van der Waals surface area (Å²) in [4.78, 5) is 36.0. The number of urea groups is 1. The highest BCUT2D eigenvalue weighted by atomic mass is 16.5. The van der Waals surface area contributed by atoms with E-state index in [1.807, 2.05) is 13.8 Å². The molecule has 0 unspecified atom stereocenters. The minimum absolute atomic E-state index is 0.0667. The number of amides is 3. The number of benzene rings is 1. The Morgan fingerprint density at radius 3 is 2.26 bits per heavy atom. The van der Waals surface area contributed by atoms with E-state index < -0.39 is 5.97 Å². The SMILES string of the molecule is CC(C)NC(=O)NCc1ccc(C(=O)OCC(=O)N(C)C)cc1. The number of carbonyl (C=O) groups excluding carboxylic acids is 3. The van der Waals surface area contributed by atoms with Gasteiger partial charge in [-0.15, -0.1) is 0 Å². The van der Waals surface area contributed by atoms with E-state index in [0.29, 0.717) is 12.1 Å². The number of carbonyl (C=O) groups is 3. The monoisotopic (exact) mass is 321 g/mol. The van der Waals surface area contributed by atoms with Crippen LogP contribution >= 0.6 is 0 Å². The van der Waals surface area contributed by atoms with Crippen molar-refractivity contribution in [1.82, 2.24) is 15.5 Å². The van der Waals surface area contributed by atoms with Crippen molar-refractivity contribution in [2.75, 3.05) is 20.7 Å². The molecule has 7 nitrogen and oxygen atoms in total. The lowest BCUT2D eigenvalue weighted by molar-refractivity contribution is -0.131. The summed E-state index contributed by atoms with van der Waals surface area (Å²) in [6.45, 7) is 3.82. The van der Waals surface area contributed by atoms with E-state index in [0.717, 1.165) is 5.56 Å². The van der Waals surface area contributed by atoms with Gasteiger partial charge in [-0.05, 0) is 31.5 Å². The Morgan fingerprint density at radius 2 is 1.74 bits per heavy atom. The maximum atomic E-state index is 11.8. The van der Waals surface area contributed by atoms with Crippen molar-refractivity contribution in [1.29, 1.82) is 0 Å². The first-order chi connectivity index (χ1) is 10.8. The molecule has 1 rings (SSSR count). The minimum Gasteiger partial charge on any atom is -0.452 e. The third-order valence-electron chi connectivity index (χ3n) is 2.89. The third kappa shape index (κ3) is 6.82. The van der Waals surface area contributed by atoms with Gasteiger partial charge in [-0.2, -0.15) is 0 Å². The second-order valence-corrected chi connectivity index (χ2v) is 5.54. The Kier molecular flexibility index (Phi) is 7.05. The van der Waals surface area contributed by atoms with Crippen LogP contribution in [0.3, 0.4) is 0 Å². The molecular weight excluding hydrogens is 298 g/mol. The first kappa shape index (κ1) is 18.5. The zero-order valence-electron chi connectivity index (χ0n) is 13.9. The second-order valence-electron chi connectivity index (χ2n) is 5.54. The maximum absolute atomic E-state index is 11.8. The minimum atomic E-state index is -0.558. The fourth-order valence-electron chi connectivity index (χ4n) is 1.59. The summed E-state index contributed by atoms with van der Waals surface area (Å²) in [6, 6.07) is 6.46. The predicted molar refractivity (Wildman–Crippen MR) is 85.9 cm³/mol. The lowest BCUT2D eigenvalue weighted by atomic mass is 10.1. The van der Waals surface area contributed by atoms with E-state index in [1.54, 1.807) is 38.4 Å². The van der Waals surface area contributed by atoms with Gasteiger partial charge in [-0.25, -0.2) is 9.59 Å². The molecule has 0 fully saturated rings. The van der Waals surface area contributed by atoms with Crippen LogP contribution in [0, 0.1) is 0 Å². The Bertz CT molecular complexity index is 553. The van der Waals surface area contributed by atoms with Crippen LogP contribution in [0.5, 0.6) is 0 Å². The normalized spacial score (nSPS) is 10.1. The zero-order chi connectivity index (χ0) is 17.4. The van der Waals surface area contributed by atoms with Gasteiger partial charge in [0, 0.05) is 26.7 Å². The van der Waals surface area contributed by atoms with Crippen LogP contribution in [0.25, 0.3) is 0 Å². The fraction of sp³-hybridized carbons (Fsp3) is 0.438. The molecule has 0 radical (unpaired) electrons. The summed E-state index contributed by atoms with van der Waals surface area (Å²) in [6.07, 6.45) is 0. The number of nitrogens with zero attached hydrogens (tertiary/aromatic N) is 1. The Labute approximate surface area is 136 Å². The number of hydrogen-bond donors (Lipinski definition) is 2. The Morgan fingerprint density at radius 1 is 1.13 bits per heavy atom. The highest BCUT2D eigenvalue weighted by Gasteiger charge is 2.11. The fourth-order valence-corrected chi connectivity index (χ4v) is 1.59. The molecule has 7 heteroatoms. The van der Waals surface area contributed by atoms with Crippen molar-refractivity contribution in [3.8, 4) is 0 Å². The van der Waals surface area contributed by atoms with Gasteiger partial charge in [-0.1, -0.05) is 12.1 Å². The third-order valence-corrected chi connectivity index (χ3v) is 2.89. The van der Waals surface area contributed by atoms with E-state index in [4.69, 9.17) is 4.74 Å². The van der Waals surface area contributed by atoms with Crippen LogP contribution in [0.2, 0.25) is 0 Å². The van der Waals surface area contributed by atoms with Gasteiger partial charge in [0.1, 0.15) is 0 Å². The molecule has 23 heavy (non-hydrogen) atoms. The summed E-state index contributed by atoms with van der Waals surface area (Å²) in [7, 11) is 3.18. The number of nitrogens with one attached hydrogen (secondary N) is 2. The van der Waals surface area contributed by atoms with Gasteiger partial charge in [-0.3, -0.25) is 4.79 Å². The average Bonchev–Trinajstić information content (AvgIpc) is 2.50. The molecule has 0 saturated heterocycles. The molecule has 0 aliphatic carbocycles. The molecule has 0 atom stereocenters. The summed E-state index contributed by atoms with van der Waals surface area (Å²) in [5.74, 6) is -0.840. The van der Waals surface area contributed by atoms with Crippen molar-refractivity contribution >= 4 is 17.9 Å². The van der Waals surface area contributed by atoms with Crippen molar-refractivity contribution in [2.45, 2.75) is 26.4 Å². The summed E-state index contributed by atoms with van der Waals surface area (Å²) >= 11 is 0. The topological polar surface area (TPSA) is 87.7 Å². The molecule has 2 N–H and O–H groups in total. The van der Waals surface area contributed by atoms with Crippen molar-refractivity contribution in [3.63, 3.8) is 0 Å². The number of hydrogen-bond acceptors (Lipinski definition) is 4. The van der Waals surface area contributed by atoms with Gasteiger partial charge < -0.3 is 20.3 Å². The number of rotatable bonds is 6. The largest absolute Gasteiger partial charge is 0.452 e. The van der Waals surface area contributed by atoms with Gasteiger partial charge in [0.15, 0.2) is 6.61 Å². The van der Waals surface area contributed by atoms with Gasteiger partial charge in [0.25, 0.3) is 5.91 Å². The maximum Gasteiger partial charge on any atom is 0.338 e. The van der Waals surface area contributed by atoms with Gasteiger partial charge in [0.2, 0.25) is 0 Å². The van der Waals surface area contributed by atoms with E-state index >= 15 is 0 Å². The van der Waals surface area contributed by atoms with E-state index in [-0.39, 0.29) is 24.6 Å². The Balaban J connectivity index is 2.48. The number of likely N-dealkylation sites (N-methyl/N-ethyl adjacent to an activating group) is 1. The van der Waals surface area contributed by atoms with Crippen LogP contribution in [-0.4, -0.2) is 49.6 Å². The van der Waals surface area contributed by atoms with Crippen LogP contribution < -0.4 is 10.6 Å². The quantitative estimate of drug-likeness (QED) is 0.769. The van der Waals surface area contributed by atoms with Crippen LogP contribution in [0.1, 0.15) is 29.8 Å². The molecule has 0 heterocycles. The molecule has 0 spiro atoms. The molecule has 0 saturated carbocycles. The van der Waals surface area contributed by atoms with Gasteiger partial charge in [0.05, 0.1) is 5.56 Å². The van der Waals surface area contributed by atoms with Crippen molar-refractivity contribution in [2.24, 2.45) is 0 Å². The lowest BCUT2D eigenvalue weighted by Crippen LogP contribution is -2.39. The van der Waals surface area contributed by atoms with Crippen LogP contribution in [0.15, 0.2) is 24.3 Å². The van der Waals surface area contributed by atoms with E-state index in [9.17, 15) is 14.4 Å². The smallest absolute Gasteiger partial charge is 0.338 e. The molecule has 0 aliphatic heterocycles. The van der Waals surface area contributed by atoms with E-state index in [2.05, 4.69) is 10.6 Å².